The predicted molar refractivity (Wildman–Crippen MR) is 62.1 cm³/mol. The smallest absolute Gasteiger partial charge is 0.140 e. The SMILES string of the molecule is Cc1cccn2cc(-c3ccnn3C)nc12. The van der Waals surface area contributed by atoms with Gasteiger partial charge in [-0.3, -0.25) is 4.68 Å². The molecule has 0 radical (unpaired) electrons. The van der Waals surface area contributed by atoms with Crippen molar-refractivity contribution in [2.24, 2.45) is 7.05 Å². The third-order valence-corrected chi connectivity index (χ3v) is 2.76. The van der Waals surface area contributed by atoms with Crippen LogP contribution < -0.4 is 0 Å². The van der Waals surface area contributed by atoms with E-state index in [-0.39, 0.29) is 0 Å². The fraction of sp³-hybridized carbons (Fsp3) is 0.167. The van der Waals surface area contributed by atoms with E-state index in [2.05, 4.69) is 23.1 Å². The molecule has 0 amide bonds. The molecule has 0 aliphatic heterocycles. The zero-order valence-electron chi connectivity index (χ0n) is 9.25. The largest absolute Gasteiger partial charge is 0.306 e. The summed E-state index contributed by atoms with van der Waals surface area (Å²) in [6.45, 7) is 2.06. The topological polar surface area (TPSA) is 35.1 Å². The summed E-state index contributed by atoms with van der Waals surface area (Å²) < 4.78 is 3.87. The fourth-order valence-corrected chi connectivity index (χ4v) is 1.90. The summed E-state index contributed by atoms with van der Waals surface area (Å²) in [4.78, 5) is 4.62. The predicted octanol–water partition coefficient (Wildman–Crippen LogP) is 2.04. The second-order valence-electron chi connectivity index (χ2n) is 3.89. The van der Waals surface area contributed by atoms with Gasteiger partial charge in [-0.2, -0.15) is 5.10 Å². The normalized spacial score (nSPS) is 11.1. The molecular formula is C12H12N4. The van der Waals surface area contributed by atoms with E-state index in [0.29, 0.717) is 0 Å². The van der Waals surface area contributed by atoms with E-state index in [9.17, 15) is 0 Å². The lowest BCUT2D eigenvalue weighted by Crippen LogP contribution is -1.92. The molecule has 0 atom stereocenters. The number of hydrogen-bond donors (Lipinski definition) is 0. The number of imidazole rings is 1. The van der Waals surface area contributed by atoms with Crippen LogP contribution >= 0.6 is 0 Å². The van der Waals surface area contributed by atoms with Crippen LogP contribution in [0.1, 0.15) is 5.56 Å². The van der Waals surface area contributed by atoms with Crippen molar-refractivity contribution in [3.63, 3.8) is 0 Å². The molecule has 0 aliphatic rings. The molecule has 0 bridgehead atoms. The van der Waals surface area contributed by atoms with Crippen LogP contribution in [-0.2, 0) is 7.05 Å². The van der Waals surface area contributed by atoms with Gasteiger partial charge in [0.15, 0.2) is 0 Å². The van der Waals surface area contributed by atoms with Gasteiger partial charge < -0.3 is 4.40 Å². The molecule has 0 saturated heterocycles. The fourth-order valence-electron chi connectivity index (χ4n) is 1.90. The molecule has 0 saturated carbocycles. The quantitative estimate of drug-likeness (QED) is 0.618. The van der Waals surface area contributed by atoms with Crippen LogP contribution in [0.3, 0.4) is 0 Å². The minimum absolute atomic E-state index is 0.953. The van der Waals surface area contributed by atoms with Crippen molar-refractivity contribution in [2.75, 3.05) is 0 Å². The molecule has 0 aliphatic carbocycles. The third-order valence-electron chi connectivity index (χ3n) is 2.76. The van der Waals surface area contributed by atoms with Crippen LogP contribution in [0.2, 0.25) is 0 Å². The van der Waals surface area contributed by atoms with E-state index in [0.717, 1.165) is 17.0 Å². The van der Waals surface area contributed by atoms with Gasteiger partial charge in [-0.15, -0.1) is 0 Å². The summed E-state index contributed by atoms with van der Waals surface area (Å²) in [6, 6.07) is 6.06. The van der Waals surface area contributed by atoms with Crippen LogP contribution in [0.5, 0.6) is 0 Å². The monoisotopic (exact) mass is 212 g/mol. The number of fused-ring (bicyclic) bond motifs is 1. The van der Waals surface area contributed by atoms with Crippen molar-refractivity contribution >= 4 is 5.65 Å². The van der Waals surface area contributed by atoms with E-state index in [1.54, 1.807) is 6.20 Å². The summed E-state index contributed by atoms with van der Waals surface area (Å²) in [7, 11) is 1.92. The van der Waals surface area contributed by atoms with E-state index < -0.39 is 0 Å². The van der Waals surface area contributed by atoms with Gasteiger partial charge in [0, 0.05) is 25.6 Å². The first-order valence-corrected chi connectivity index (χ1v) is 5.18. The van der Waals surface area contributed by atoms with E-state index in [1.165, 1.54) is 5.56 Å². The number of rotatable bonds is 1. The number of pyridine rings is 1. The van der Waals surface area contributed by atoms with Gasteiger partial charge in [0.1, 0.15) is 11.3 Å². The number of nitrogens with zero attached hydrogens (tertiary/aromatic N) is 4. The highest BCUT2D eigenvalue weighted by Gasteiger charge is 2.08. The van der Waals surface area contributed by atoms with Crippen molar-refractivity contribution < 1.29 is 0 Å². The molecule has 4 heteroatoms. The van der Waals surface area contributed by atoms with Crippen LogP contribution in [0, 0.1) is 6.92 Å². The van der Waals surface area contributed by atoms with Gasteiger partial charge in [0.2, 0.25) is 0 Å². The van der Waals surface area contributed by atoms with Gasteiger partial charge in [-0.05, 0) is 24.6 Å². The average Bonchev–Trinajstić information content (AvgIpc) is 2.84. The Morgan fingerprint density at radius 1 is 1.25 bits per heavy atom. The average molecular weight is 212 g/mol. The van der Waals surface area contributed by atoms with E-state index in [4.69, 9.17) is 0 Å². The molecular weight excluding hydrogens is 200 g/mol. The summed E-state index contributed by atoms with van der Waals surface area (Å²) >= 11 is 0. The molecule has 3 aromatic heterocycles. The molecule has 0 unspecified atom stereocenters. The van der Waals surface area contributed by atoms with Crippen molar-refractivity contribution in [1.29, 1.82) is 0 Å². The van der Waals surface area contributed by atoms with Crippen LogP contribution in [0.15, 0.2) is 36.8 Å². The molecule has 3 rings (SSSR count). The molecule has 0 spiro atoms. The minimum Gasteiger partial charge on any atom is -0.306 e. The van der Waals surface area contributed by atoms with Crippen molar-refractivity contribution in [3.8, 4) is 11.4 Å². The van der Waals surface area contributed by atoms with Gasteiger partial charge in [-0.25, -0.2) is 4.98 Å². The van der Waals surface area contributed by atoms with Crippen LogP contribution in [0.4, 0.5) is 0 Å². The number of aryl methyl sites for hydroxylation is 2. The molecule has 0 N–H and O–H groups in total. The Hall–Kier alpha value is -2.10. The van der Waals surface area contributed by atoms with Crippen molar-refractivity contribution in [3.05, 3.63) is 42.4 Å². The first-order chi connectivity index (χ1) is 7.75. The number of hydrogen-bond acceptors (Lipinski definition) is 2. The maximum absolute atomic E-state index is 4.62. The zero-order valence-corrected chi connectivity index (χ0v) is 9.25. The van der Waals surface area contributed by atoms with E-state index >= 15 is 0 Å². The Morgan fingerprint density at radius 3 is 2.81 bits per heavy atom. The molecule has 0 aromatic carbocycles. The molecule has 16 heavy (non-hydrogen) atoms. The second-order valence-corrected chi connectivity index (χ2v) is 3.89. The maximum Gasteiger partial charge on any atom is 0.140 e. The zero-order chi connectivity index (χ0) is 11.1. The highest BCUT2D eigenvalue weighted by Crippen LogP contribution is 2.19. The minimum atomic E-state index is 0.953. The van der Waals surface area contributed by atoms with Gasteiger partial charge in [0.05, 0.1) is 5.69 Å². The standard InChI is InChI=1S/C12H12N4/c1-9-4-3-7-16-8-10(14-12(9)16)11-5-6-13-15(11)2/h3-8H,1-2H3. The van der Waals surface area contributed by atoms with Crippen LogP contribution in [0.25, 0.3) is 17.0 Å². The summed E-state index contributed by atoms with van der Waals surface area (Å²) in [6.07, 6.45) is 5.82. The third kappa shape index (κ3) is 1.23. The van der Waals surface area contributed by atoms with Gasteiger partial charge in [-0.1, -0.05) is 6.07 Å². The molecule has 4 nitrogen and oxygen atoms in total. The molecule has 0 fully saturated rings. The highest BCUT2D eigenvalue weighted by molar-refractivity contribution is 5.61. The first-order valence-electron chi connectivity index (χ1n) is 5.18. The lowest BCUT2D eigenvalue weighted by molar-refractivity contribution is 0.774. The Morgan fingerprint density at radius 2 is 2.12 bits per heavy atom. The molecule has 3 heterocycles. The molecule has 3 aromatic rings. The molecule has 80 valence electrons. The van der Waals surface area contributed by atoms with Crippen molar-refractivity contribution in [1.82, 2.24) is 19.2 Å². The van der Waals surface area contributed by atoms with Gasteiger partial charge in [0.25, 0.3) is 0 Å². The maximum atomic E-state index is 4.62. The van der Waals surface area contributed by atoms with Crippen LogP contribution in [-0.4, -0.2) is 19.2 Å². The number of aromatic nitrogens is 4. The summed E-state index contributed by atoms with van der Waals surface area (Å²) in [5, 5.41) is 4.15. The summed E-state index contributed by atoms with van der Waals surface area (Å²) in [5.41, 5.74) is 4.16. The highest BCUT2D eigenvalue weighted by atomic mass is 15.3. The Kier molecular flexibility index (Phi) is 1.83. The Balaban J connectivity index is 2.27. The first kappa shape index (κ1) is 9.15. The van der Waals surface area contributed by atoms with Crippen molar-refractivity contribution in [2.45, 2.75) is 6.92 Å². The lowest BCUT2D eigenvalue weighted by Gasteiger charge is -1.94. The van der Waals surface area contributed by atoms with E-state index in [1.807, 2.05) is 40.7 Å². The summed E-state index contributed by atoms with van der Waals surface area (Å²) in [5.74, 6) is 0. The van der Waals surface area contributed by atoms with Gasteiger partial charge >= 0.3 is 0 Å². The second kappa shape index (κ2) is 3.20. The Bertz CT molecular complexity index is 648. The Labute approximate surface area is 93.2 Å². The lowest BCUT2D eigenvalue weighted by atomic mass is 10.3.